The van der Waals surface area contributed by atoms with Crippen molar-refractivity contribution in [2.24, 2.45) is 5.92 Å². The van der Waals surface area contributed by atoms with Crippen molar-refractivity contribution in [2.45, 2.75) is 32.6 Å². The molecule has 1 heterocycles. The Balaban J connectivity index is 1.78. The number of halogens is 1. The van der Waals surface area contributed by atoms with Crippen molar-refractivity contribution in [1.82, 2.24) is 0 Å². The normalized spacial score (nSPS) is 17.5. The minimum Gasteiger partial charge on any atom is -0.495 e. The van der Waals surface area contributed by atoms with Gasteiger partial charge < -0.3 is 14.4 Å². The summed E-state index contributed by atoms with van der Waals surface area (Å²) in [5, 5.41) is 0.497. The van der Waals surface area contributed by atoms with E-state index in [1.165, 1.54) is 12.0 Å². The van der Waals surface area contributed by atoms with E-state index in [1.807, 2.05) is 18.2 Å². The Kier molecular flexibility index (Phi) is 6.25. The number of hydrogen-bond acceptors (Lipinski definition) is 4. The summed E-state index contributed by atoms with van der Waals surface area (Å²) >= 11 is 6.08. The lowest BCUT2D eigenvalue weighted by atomic mass is 9.98. The van der Waals surface area contributed by atoms with Gasteiger partial charge in [0.1, 0.15) is 11.5 Å². The summed E-state index contributed by atoms with van der Waals surface area (Å²) < 4.78 is 11.0. The number of carbonyl (C=O) groups excluding carboxylic acids is 2. The Hall–Kier alpha value is -2.53. The molecule has 0 aromatic heterocycles. The highest BCUT2D eigenvalue weighted by Gasteiger charge is 2.37. The van der Waals surface area contributed by atoms with Gasteiger partial charge in [-0.2, -0.15) is 0 Å². The van der Waals surface area contributed by atoms with E-state index in [-0.39, 0.29) is 24.8 Å². The highest BCUT2D eigenvalue weighted by atomic mass is 35.5. The van der Waals surface area contributed by atoms with E-state index in [0.717, 1.165) is 12.0 Å². The van der Waals surface area contributed by atoms with Crippen LogP contribution in [0.2, 0.25) is 5.02 Å². The molecule has 3 rings (SSSR count). The first-order chi connectivity index (χ1) is 13.4. The molecule has 1 aliphatic heterocycles. The van der Waals surface area contributed by atoms with E-state index in [2.05, 4.69) is 13.8 Å². The number of anilines is 1. The van der Waals surface area contributed by atoms with E-state index in [0.29, 0.717) is 22.2 Å². The maximum atomic E-state index is 12.8. The average Bonchev–Trinajstić information content (AvgIpc) is 3.09. The SMILES string of the molecule is CC[C@@H](C)c1ccccc1OC(=O)[C@H]1CC(=O)N(c2cc(Cl)ccc2OC)C1. The molecular formula is C22H24ClNO4. The lowest BCUT2D eigenvalue weighted by Crippen LogP contribution is -2.27. The maximum absolute atomic E-state index is 12.8. The third kappa shape index (κ3) is 4.14. The van der Waals surface area contributed by atoms with Crippen LogP contribution in [0.25, 0.3) is 0 Å². The minimum absolute atomic E-state index is 0.0972. The van der Waals surface area contributed by atoms with Crippen molar-refractivity contribution >= 4 is 29.2 Å². The number of rotatable bonds is 6. The monoisotopic (exact) mass is 401 g/mol. The largest absolute Gasteiger partial charge is 0.495 e. The number of benzene rings is 2. The molecule has 0 bridgehead atoms. The maximum Gasteiger partial charge on any atom is 0.316 e. The van der Waals surface area contributed by atoms with Gasteiger partial charge in [-0.05, 0) is 42.2 Å². The van der Waals surface area contributed by atoms with Gasteiger partial charge in [0.25, 0.3) is 0 Å². The van der Waals surface area contributed by atoms with Crippen LogP contribution in [0.1, 0.15) is 38.2 Å². The minimum atomic E-state index is -0.541. The molecule has 148 valence electrons. The van der Waals surface area contributed by atoms with Crippen molar-refractivity contribution in [2.75, 3.05) is 18.6 Å². The number of carbonyl (C=O) groups is 2. The summed E-state index contributed by atoms with van der Waals surface area (Å²) in [5.74, 6) is 0.287. The molecule has 5 nitrogen and oxygen atoms in total. The van der Waals surface area contributed by atoms with E-state index in [9.17, 15) is 9.59 Å². The molecule has 0 unspecified atom stereocenters. The topological polar surface area (TPSA) is 55.8 Å². The second-order valence-corrected chi connectivity index (χ2v) is 7.43. The molecule has 2 aromatic carbocycles. The molecule has 0 N–H and O–H groups in total. The van der Waals surface area contributed by atoms with Gasteiger partial charge in [0.05, 0.1) is 18.7 Å². The highest BCUT2D eigenvalue weighted by molar-refractivity contribution is 6.31. The number of nitrogens with zero attached hydrogens (tertiary/aromatic N) is 1. The van der Waals surface area contributed by atoms with Gasteiger partial charge in [-0.1, -0.05) is 43.6 Å². The Labute approximate surface area is 170 Å². The van der Waals surface area contributed by atoms with Crippen LogP contribution in [0, 0.1) is 5.92 Å². The molecule has 28 heavy (non-hydrogen) atoms. The van der Waals surface area contributed by atoms with Crippen LogP contribution in [0.5, 0.6) is 11.5 Å². The van der Waals surface area contributed by atoms with Gasteiger partial charge in [0, 0.05) is 18.0 Å². The lowest BCUT2D eigenvalue weighted by molar-refractivity contribution is -0.139. The summed E-state index contributed by atoms with van der Waals surface area (Å²) in [4.78, 5) is 26.9. The van der Waals surface area contributed by atoms with Gasteiger partial charge in [-0.3, -0.25) is 9.59 Å². The van der Waals surface area contributed by atoms with Crippen LogP contribution in [0.15, 0.2) is 42.5 Å². The van der Waals surface area contributed by atoms with Crippen LogP contribution in [-0.4, -0.2) is 25.5 Å². The summed E-state index contributed by atoms with van der Waals surface area (Å²) in [5.41, 5.74) is 1.56. The van der Waals surface area contributed by atoms with Crippen molar-refractivity contribution in [3.63, 3.8) is 0 Å². The number of para-hydroxylation sites is 1. The molecule has 0 radical (unpaired) electrons. The molecule has 1 fully saturated rings. The number of hydrogen-bond donors (Lipinski definition) is 0. The Morgan fingerprint density at radius 3 is 2.71 bits per heavy atom. The van der Waals surface area contributed by atoms with Crippen LogP contribution in [0.3, 0.4) is 0 Å². The van der Waals surface area contributed by atoms with E-state index in [1.54, 1.807) is 24.3 Å². The predicted molar refractivity (Wildman–Crippen MR) is 109 cm³/mol. The molecule has 0 saturated carbocycles. The van der Waals surface area contributed by atoms with Gasteiger partial charge in [-0.15, -0.1) is 0 Å². The van der Waals surface area contributed by atoms with Gasteiger partial charge in [0.2, 0.25) is 5.91 Å². The Bertz CT molecular complexity index is 883. The summed E-state index contributed by atoms with van der Waals surface area (Å²) in [6.07, 6.45) is 1.04. The average molecular weight is 402 g/mol. The zero-order valence-electron chi connectivity index (χ0n) is 16.3. The van der Waals surface area contributed by atoms with Gasteiger partial charge >= 0.3 is 5.97 Å². The fourth-order valence-electron chi connectivity index (χ4n) is 3.36. The summed E-state index contributed by atoms with van der Waals surface area (Å²) in [7, 11) is 1.53. The highest BCUT2D eigenvalue weighted by Crippen LogP contribution is 2.36. The fourth-order valence-corrected chi connectivity index (χ4v) is 3.53. The quantitative estimate of drug-likeness (QED) is 0.514. The first-order valence-corrected chi connectivity index (χ1v) is 9.76. The number of amides is 1. The molecule has 1 saturated heterocycles. The van der Waals surface area contributed by atoms with Crippen molar-refractivity contribution < 1.29 is 19.1 Å². The molecule has 2 atom stereocenters. The van der Waals surface area contributed by atoms with Crippen LogP contribution < -0.4 is 14.4 Å². The Morgan fingerprint density at radius 1 is 1.25 bits per heavy atom. The standard InChI is InChI=1S/C22H24ClNO4/c1-4-14(2)17-7-5-6-8-19(17)28-22(26)15-11-21(25)24(13-15)18-12-16(23)9-10-20(18)27-3/h5-10,12,14-15H,4,11,13H2,1-3H3/t14-,15+/m1/s1. The third-order valence-corrected chi connectivity index (χ3v) is 5.40. The van der Waals surface area contributed by atoms with Crippen molar-refractivity contribution in [1.29, 1.82) is 0 Å². The van der Waals surface area contributed by atoms with E-state index >= 15 is 0 Å². The van der Waals surface area contributed by atoms with E-state index in [4.69, 9.17) is 21.1 Å². The number of esters is 1. The zero-order chi connectivity index (χ0) is 20.3. The molecule has 0 aliphatic carbocycles. The molecule has 2 aromatic rings. The smallest absolute Gasteiger partial charge is 0.316 e. The number of ether oxygens (including phenoxy) is 2. The van der Waals surface area contributed by atoms with Gasteiger partial charge in [0.15, 0.2) is 0 Å². The second-order valence-electron chi connectivity index (χ2n) is 6.99. The third-order valence-electron chi connectivity index (χ3n) is 5.16. The molecule has 6 heteroatoms. The van der Waals surface area contributed by atoms with Crippen molar-refractivity contribution in [3.05, 3.63) is 53.1 Å². The molecule has 1 aliphatic rings. The lowest BCUT2D eigenvalue weighted by Gasteiger charge is -2.20. The molecule has 1 amide bonds. The molecular weight excluding hydrogens is 378 g/mol. The van der Waals surface area contributed by atoms with Crippen molar-refractivity contribution in [3.8, 4) is 11.5 Å². The molecule has 0 spiro atoms. The second kappa shape index (κ2) is 8.65. The zero-order valence-corrected chi connectivity index (χ0v) is 17.0. The fraction of sp³-hybridized carbons (Fsp3) is 0.364. The van der Waals surface area contributed by atoms with Crippen LogP contribution in [-0.2, 0) is 9.59 Å². The van der Waals surface area contributed by atoms with Crippen LogP contribution in [0.4, 0.5) is 5.69 Å². The van der Waals surface area contributed by atoms with Crippen LogP contribution >= 0.6 is 11.6 Å². The first kappa shape index (κ1) is 20.2. The summed E-state index contributed by atoms with van der Waals surface area (Å²) in [6, 6.07) is 12.6. The Morgan fingerprint density at radius 2 is 2.00 bits per heavy atom. The summed E-state index contributed by atoms with van der Waals surface area (Å²) in [6.45, 7) is 4.42. The van der Waals surface area contributed by atoms with E-state index < -0.39 is 11.9 Å². The first-order valence-electron chi connectivity index (χ1n) is 9.39. The number of methoxy groups -OCH3 is 1. The van der Waals surface area contributed by atoms with Gasteiger partial charge in [-0.25, -0.2) is 0 Å². The predicted octanol–water partition coefficient (Wildman–Crippen LogP) is 4.82.